The van der Waals surface area contributed by atoms with Crippen LogP contribution in [0.2, 0.25) is 0 Å². The zero-order chi connectivity index (χ0) is 11.0. The van der Waals surface area contributed by atoms with Crippen LogP contribution in [0.25, 0.3) is 0 Å². The number of nitrogens with zero attached hydrogens (tertiary/aromatic N) is 3. The van der Waals surface area contributed by atoms with E-state index in [0.29, 0.717) is 12.0 Å². The van der Waals surface area contributed by atoms with Crippen LogP contribution in [0.1, 0.15) is 31.5 Å². The normalized spacial score (nSPS) is 20.3. The summed E-state index contributed by atoms with van der Waals surface area (Å²) in [4.78, 5) is 0. The van der Waals surface area contributed by atoms with Gasteiger partial charge in [0.25, 0.3) is 0 Å². The van der Waals surface area contributed by atoms with Crippen LogP contribution >= 0.6 is 15.9 Å². The fourth-order valence-corrected chi connectivity index (χ4v) is 2.79. The molecule has 2 rings (SSSR count). The number of aromatic nitrogens is 3. The van der Waals surface area contributed by atoms with Gasteiger partial charge in [-0.3, -0.25) is 0 Å². The summed E-state index contributed by atoms with van der Waals surface area (Å²) < 4.78 is 2.71. The molecule has 1 fully saturated rings. The molecule has 1 N–H and O–H groups in total. The standard InChI is InChI=1S/C10H17BrN4/c1-6(7-4-5-7)8(12-2)9-10(11)13-14-15(9)3/h6-8,12H,4-5H2,1-3H3. The van der Waals surface area contributed by atoms with Crippen molar-refractivity contribution in [2.45, 2.75) is 25.8 Å². The smallest absolute Gasteiger partial charge is 0.153 e. The van der Waals surface area contributed by atoms with Crippen LogP contribution in [0.3, 0.4) is 0 Å². The summed E-state index contributed by atoms with van der Waals surface area (Å²) >= 11 is 3.46. The van der Waals surface area contributed by atoms with E-state index in [-0.39, 0.29) is 0 Å². The second kappa shape index (κ2) is 4.22. The van der Waals surface area contributed by atoms with Crippen molar-refractivity contribution in [2.24, 2.45) is 18.9 Å². The molecule has 0 amide bonds. The molecule has 15 heavy (non-hydrogen) atoms. The first-order valence-corrected chi connectivity index (χ1v) is 6.16. The largest absolute Gasteiger partial charge is 0.311 e. The van der Waals surface area contributed by atoms with Gasteiger partial charge in [-0.15, -0.1) is 5.10 Å². The van der Waals surface area contributed by atoms with Crippen LogP contribution in [-0.4, -0.2) is 22.0 Å². The molecule has 0 spiro atoms. The maximum absolute atomic E-state index is 4.04. The molecule has 2 unspecified atom stereocenters. The average Bonchev–Trinajstić information content (AvgIpc) is 3.00. The summed E-state index contributed by atoms with van der Waals surface area (Å²) in [6.45, 7) is 2.30. The minimum Gasteiger partial charge on any atom is -0.311 e. The van der Waals surface area contributed by atoms with Crippen LogP contribution in [0.15, 0.2) is 4.60 Å². The second-order valence-corrected chi connectivity index (χ2v) is 5.10. The van der Waals surface area contributed by atoms with Gasteiger partial charge in [-0.25, -0.2) is 4.68 Å². The SMILES string of the molecule is CNC(c1c(Br)nnn1C)C(C)C1CC1. The first-order valence-electron chi connectivity index (χ1n) is 5.37. The van der Waals surface area contributed by atoms with Crippen molar-refractivity contribution in [1.29, 1.82) is 0 Å². The molecule has 0 bridgehead atoms. The Hall–Kier alpha value is -0.420. The zero-order valence-electron chi connectivity index (χ0n) is 9.37. The van der Waals surface area contributed by atoms with E-state index in [4.69, 9.17) is 0 Å². The predicted molar refractivity (Wildman–Crippen MR) is 62.4 cm³/mol. The average molecular weight is 273 g/mol. The molecule has 4 nitrogen and oxygen atoms in total. The lowest BCUT2D eigenvalue weighted by atomic mass is 9.94. The Morgan fingerprint density at radius 3 is 2.60 bits per heavy atom. The lowest BCUT2D eigenvalue weighted by molar-refractivity contribution is 0.351. The lowest BCUT2D eigenvalue weighted by Crippen LogP contribution is -2.27. The van der Waals surface area contributed by atoms with Crippen molar-refractivity contribution in [3.8, 4) is 0 Å². The topological polar surface area (TPSA) is 42.7 Å². The molecule has 1 aromatic heterocycles. The number of aryl methyl sites for hydroxylation is 1. The molecular formula is C10H17BrN4. The Morgan fingerprint density at radius 1 is 1.53 bits per heavy atom. The highest BCUT2D eigenvalue weighted by atomic mass is 79.9. The van der Waals surface area contributed by atoms with Gasteiger partial charge < -0.3 is 5.32 Å². The van der Waals surface area contributed by atoms with E-state index in [0.717, 1.165) is 16.2 Å². The monoisotopic (exact) mass is 272 g/mol. The summed E-state index contributed by atoms with van der Waals surface area (Å²) in [5.74, 6) is 1.51. The third-order valence-electron chi connectivity index (χ3n) is 3.32. The van der Waals surface area contributed by atoms with Crippen molar-refractivity contribution in [3.05, 3.63) is 10.3 Å². The Morgan fingerprint density at radius 2 is 2.20 bits per heavy atom. The van der Waals surface area contributed by atoms with Crippen molar-refractivity contribution in [3.63, 3.8) is 0 Å². The maximum Gasteiger partial charge on any atom is 0.153 e. The van der Waals surface area contributed by atoms with Crippen LogP contribution in [0, 0.1) is 11.8 Å². The van der Waals surface area contributed by atoms with Crippen LogP contribution < -0.4 is 5.32 Å². The molecule has 0 radical (unpaired) electrons. The molecule has 1 aliphatic rings. The maximum atomic E-state index is 4.04. The van der Waals surface area contributed by atoms with E-state index in [1.807, 2.05) is 18.8 Å². The molecule has 0 saturated heterocycles. The fourth-order valence-electron chi connectivity index (χ4n) is 2.21. The summed E-state index contributed by atoms with van der Waals surface area (Å²) in [6, 6.07) is 0.340. The van der Waals surface area contributed by atoms with Gasteiger partial charge in [0.05, 0.1) is 11.7 Å². The fraction of sp³-hybridized carbons (Fsp3) is 0.800. The lowest BCUT2D eigenvalue weighted by Gasteiger charge is -2.23. The van der Waals surface area contributed by atoms with E-state index in [1.165, 1.54) is 12.8 Å². The molecule has 84 valence electrons. The van der Waals surface area contributed by atoms with Crippen LogP contribution in [0.4, 0.5) is 0 Å². The second-order valence-electron chi connectivity index (χ2n) is 4.35. The van der Waals surface area contributed by atoms with Crippen molar-refractivity contribution < 1.29 is 0 Å². The Kier molecular flexibility index (Phi) is 3.11. The van der Waals surface area contributed by atoms with E-state index in [2.05, 4.69) is 38.5 Å². The molecule has 0 aliphatic heterocycles. The first-order chi connectivity index (χ1) is 7.15. The van der Waals surface area contributed by atoms with Gasteiger partial charge in [0, 0.05) is 7.05 Å². The minimum absolute atomic E-state index is 0.340. The first kappa shape index (κ1) is 11.1. The Bertz CT molecular complexity index is 326. The molecule has 1 heterocycles. The van der Waals surface area contributed by atoms with Gasteiger partial charge in [-0.2, -0.15) is 0 Å². The number of hydrogen-bond donors (Lipinski definition) is 1. The highest BCUT2D eigenvalue weighted by Gasteiger charge is 2.35. The zero-order valence-corrected chi connectivity index (χ0v) is 11.0. The van der Waals surface area contributed by atoms with Gasteiger partial charge in [0.15, 0.2) is 4.60 Å². The third-order valence-corrected chi connectivity index (χ3v) is 3.89. The highest BCUT2D eigenvalue weighted by molar-refractivity contribution is 9.10. The Labute approximate surface area is 98.6 Å². The molecule has 1 aliphatic carbocycles. The van der Waals surface area contributed by atoms with Crippen molar-refractivity contribution in [1.82, 2.24) is 20.3 Å². The Balaban J connectivity index is 2.25. The molecule has 5 heteroatoms. The molecule has 0 aromatic carbocycles. The van der Waals surface area contributed by atoms with Crippen LogP contribution in [-0.2, 0) is 7.05 Å². The van der Waals surface area contributed by atoms with E-state index in [1.54, 1.807) is 0 Å². The number of nitrogens with one attached hydrogen (secondary N) is 1. The number of rotatable bonds is 4. The van der Waals surface area contributed by atoms with E-state index >= 15 is 0 Å². The minimum atomic E-state index is 0.340. The van der Waals surface area contributed by atoms with Crippen LogP contribution in [0.5, 0.6) is 0 Å². The van der Waals surface area contributed by atoms with Gasteiger partial charge >= 0.3 is 0 Å². The summed E-state index contributed by atoms with van der Waals surface area (Å²) in [7, 11) is 3.94. The molecule has 2 atom stereocenters. The van der Waals surface area contributed by atoms with Gasteiger partial charge in [0.2, 0.25) is 0 Å². The van der Waals surface area contributed by atoms with E-state index < -0.39 is 0 Å². The third kappa shape index (κ3) is 2.08. The van der Waals surface area contributed by atoms with Crippen molar-refractivity contribution >= 4 is 15.9 Å². The highest BCUT2D eigenvalue weighted by Crippen LogP contribution is 2.43. The number of halogens is 1. The quantitative estimate of drug-likeness (QED) is 0.910. The molecule has 1 saturated carbocycles. The summed E-state index contributed by atoms with van der Waals surface area (Å²) in [6.07, 6.45) is 2.73. The predicted octanol–water partition coefficient (Wildman–Crippen LogP) is 1.88. The van der Waals surface area contributed by atoms with Gasteiger partial charge in [-0.05, 0) is 47.7 Å². The molecule has 1 aromatic rings. The van der Waals surface area contributed by atoms with Gasteiger partial charge in [0.1, 0.15) is 0 Å². The number of hydrogen-bond acceptors (Lipinski definition) is 3. The van der Waals surface area contributed by atoms with Gasteiger partial charge in [-0.1, -0.05) is 12.1 Å². The summed E-state index contributed by atoms with van der Waals surface area (Å²) in [5, 5.41) is 11.4. The van der Waals surface area contributed by atoms with E-state index in [9.17, 15) is 0 Å². The summed E-state index contributed by atoms with van der Waals surface area (Å²) in [5.41, 5.74) is 1.15. The molecular weight excluding hydrogens is 256 g/mol. The van der Waals surface area contributed by atoms with Crippen molar-refractivity contribution in [2.75, 3.05) is 7.05 Å².